The van der Waals surface area contributed by atoms with Gasteiger partial charge in [0.15, 0.2) is 5.82 Å². The van der Waals surface area contributed by atoms with Crippen LogP contribution in [0.3, 0.4) is 0 Å². The summed E-state index contributed by atoms with van der Waals surface area (Å²) >= 11 is 1.97. The molecule has 1 fully saturated rings. The number of thioether (sulfide) groups is 1. The SMILES string of the molecule is CNCc1nnnn1CC1(SC)CCCC1. The third-order valence-corrected chi connectivity index (χ3v) is 4.73. The molecule has 0 aliphatic heterocycles. The molecule has 1 heterocycles. The van der Waals surface area contributed by atoms with Crippen molar-refractivity contribution in [1.82, 2.24) is 25.5 Å². The lowest BCUT2D eigenvalue weighted by atomic mass is 10.1. The van der Waals surface area contributed by atoms with Gasteiger partial charge in [-0.3, -0.25) is 0 Å². The zero-order valence-corrected chi connectivity index (χ0v) is 10.8. The molecule has 0 bridgehead atoms. The Bertz CT molecular complexity index is 332. The molecule has 1 aliphatic carbocycles. The zero-order chi connectivity index (χ0) is 11.4. The molecule has 16 heavy (non-hydrogen) atoms. The second-order valence-electron chi connectivity index (χ2n) is 4.38. The van der Waals surface area contributed by atoms with Gasteiger partial charge in [0.1, 0.15) is 0 Å². The Hall–Kier alpha value is -0.620. The van der Waals surface area contributed by atoms with E-state index in [4.69, 9.17) is 0 Å². The molecule has 1 aliphatic rings. The van der Waals surface area contributed by atoms with E-state index in [1.165, 1.54) is 25.7 Å². The average Bonchev–Trinajstić information content (AvgIpc) is 2.91. The summed E-state index contributed by atoms with van der Waals surface area (Å²) < 4.78 is 2.32. The summed E-state index contributed by atoms with van der Waals surface area (Å²) in [5, 5.41) is 15.0. The molecule has 1 aromatic rings. The van der Waals surface area contributed by atoms with E-state index in [1.807, 2.05) is 23.5 Å². The Morgan fingerprint density at radius 1 is 1.44 bits per heavy atom. The highest BCUT2D eigenvalue weighted by Crippen LogP contribution is 2.41. The predicted molar refractivity (Wildman–Crippen MR) is 65.3 cm³/mol. The molecule has 5 nitrogen and oxygen atoms in total. The van der Waals surface area contributed by atoms with Crippen LogP contribution in [0.5, 0.6) is 0 Å². The van der Waals surface area contributed by atoms with Crippen molar-refractivity contribution in [2.24, 2.45) is 0 Å². The van der Waals surface area contributed by atoms with Crippen molar-refractivity contribution in [2.45, 2.75) is 43.5 Å². The largest absolute Gasteiger partial charge is 0.313 e. The molecule has 0 saturated heterocycles. The number of hydrogen-bond acceptors (Lipinski definition) is 5. The zero-order valence-electron chi connectivity index (χ0n) is 9.94. The molecule has 0 radical (unpaired) electrons. The van der Waals surface area contributed by atoms with Crippen LogP contribution in [0.15, 0.2) is 0 Å². The summed E-state index contributed by atoms with van der Waals surface area (Å²) in [7, 11) is 1.92. The Labute approximate surface area is 100 Å². The van der Waals surface area contributed by atoms with Crippen molar-refractivity contribution in [3.63, 3.8) is 0 Å². The number of nitrogens with zero attached hydrogens (tertiary/aromatic N) is 4. The van der Waals surface area contributed by atoms with Gasteiger partial charge in [0, 0.05) is 4.75 Å². The minimum Gasteiger partial charge on any atom is -0.313 e. The van der Waals surface area contributed by atoms with Gasteiger partial charge in [-0.1, -0.05) is 12.8 Å². The number of tetrazole rings is 1. The summed E-state index contributed by atoms with van der Waals surface area (Å²) in [5.41, 5.74) is 0. The summed E-state index contributed by atoms with van der Waals surface area (Å²) in [6.07, 6.45) is 7.45. The molecule has 0 atom stereocenters. The van der Waals surface area contributed by atoms with E-state index >= 15 is 0 Å². The van der Waals surface area contributed by atoms with Crippen LogP contribution < -0.4 is 5.32 Å². The second kappa shape index (κ2) is 5.14. The molecule has 1 aromatic heterocycles. The van der Waals surface area contributed by atoms with Gasteiger partial charge in [0.2, 0.25) is 0 Å². The maximum Gasteiger partial charge on any atom is 0.165 e. The molecule has 2 rings (SSSR count). The van der Waals surface area contributed by atoms with Crippen LogP contribution in [0, 0.1) is 0 Å². The summed E-state index contributed by atoms with van der Waals surface area (Å²) in [6.45, 7) is 1.68. The quantitative estimate of drug-likeness (QED) is 0.835. The molecular formula is C10H19N5S. The monoisotopic (exact) mass is 241 g/mol. The van der Waals surface area contributed by atoms with E-state index in [-0.39, 0.29) is 0 Å². The molecule has 0 spiro atoms. The lowest BCUT2D eigenvalue weighted by molar-refractivity contribution is 0.446. The number of nitrogens with one attached hydrogen (secondary N) is 1. The lowest BCUT2D eigenvalue weighted by Gasteiger charge is -2.26. The lowest BCUT2D eigenvalue weighted by Crippen LogP contribution is -2.29. The van der Waals surface area contributed by atoms with Gasteiger partial charge < -0.3 is 5.32 Å². The molecule has 1 saturated carbocycles. The van der Waals surface area contributed by atoms with Crippen molar-refractivity contribution in [3.8, 4) is 0 Å². The van der Waals surface area contributed by atoms with Gasteiger partial charge in [0.25, 0.3) is 0 Å². The van der Waals surface area contributed by atoms with E-state index in [9.17, 15) is 0 Å². The van der Waals surface area contributed by atoms with E-state index in [0.717, 1.165) is 18.9 Å². The van der Waals surface area contributed by atoms with Crippen LogP contribution in [0.25, 0.3) is 0 Å². The minimum absolute atomic E-state index is 0.359. The first-order chi connectivity index (χ1) is 7.79. The molecule has 6 heteroatoms. The number of rotatable bonds is 5. The van der Waals surface area contributed by atoms with Gasteiger partial charge in [0.05, 0.1) is 13.1 Å². The molecule has 0 unspecified atom stereocenters. The second-order valence-corrected chi connectivity index (χ2v) is 5.65. The molecule has 90 valence electrons. The Morgan fingerprint density at radius 3 is 2.81 bits per heavy atom. The maximum atomic E-state index is 4.09. The van der Waals surface area contributed by atoms with Crippen molar-refractivity contribution in [3.05, 3.63) is 5.82 Å². The Kier molecular flexibility index (Phi) is 3.81. The normalized spacial score (nSPS) is 19.1. The van der Waals surface area contributed by atoms with E-state index in [2.05, 4.69) is 27.1 Å². The van der Waals surface area contributed by atoms with Crippen molar-refractivity contribution in [1.29, 1.82) is 0 Å². The molecular weight excluding hydrogens is 222 g/mol. The van der Waals surface area contributed by atoms with E-state index in [1.54, 1.807) is 0 Å². The molecule has 0 aromatic carbocycles. The first-order valence-corrected chi connectivity index (χ1v) is 6.97. The topological polar surface area (TPSA) is 55.6 Å². The van der Waals surface area contributed by atoms with Crippen LogP contribution >= 0.6 is 11.8 Å². The highest BCUT2D eigenvalue weighted by atomic mass is 32.2. The van der Waals surface area contributed by atoms with Crippen LogP contribution in [0.2, 0.25) is 0 Å². The maximum absolute atomic E-state index is 4.09. The van der Waals surface area contributed by atoms with Gasteiger partial charge >= 0.3 is 0 Å². The highest BCUT2D eigenvalue weighted by Gasteiger charge is 2.34. The van der Waals surface area contributed by atoms with Crippen molar-refractivity contribution >= 4 is 11.8 Å². The van der Waals surface area contributed by atoms with Crippen LogP contribution in [-0.4, -0.2) is 38.3 Å². The fourth-order valence-electron chi connectivity index (χ4n) is 2.35. The smallest absolute Gasteiger partial charge is 0.165 e. The third kappa shape index (κ3) is 2.38. The summed E-state index contributed by atoms with van der Waals surface area (Å²) in [4.78, 5) is 0. The standard InChI is InChI=1S/C10H19N5S/c1-11-7-9-12-13-14-15(9)8-10(16-2)5-3-4-6-10/h11H,3-8H2,1-2H3. The van der Waals surface area contributed by atoms with Crippen LogP contribution in [0.4, 0.5) is 0 Å². The Morgan fingerprint density at radius 2 is 2.19 bits per heavy atom. The fourth-order valence-corrected chi connectivity index (χ4v) is 3.30. The fraction of sp³-hybridized carbons (Fsp3) is 0.900. The summed E-state index contributed by atoms with van der Waals surface area (Å²) in [5.74, 6) is 0.933. The first kappa shape index (κ1) is 11.9. The first-order valence-electron chi connectivity index (χ1n) is 5.74. The molecule has 0 amide bonds. The third-order valence-electron chi connectivity index (χ3n) is 3.33. The van der Waals surface area contributed by atoms with E-state index in [0.29, 0.717) is 4.75 Å². The Balaban J connectivity index is 2.09. The summed E-state index contributed by atoms with van der Waals surface area (Å²) in [6, 6.07) is 0. The highest BCUT2D eigenvalue weighted by molar-refractivity contribution is 8.00. The van der Waals surface area contributed by atoms with Gasteiger partial charge in [-0.05, 0) is 36.6 Å². The van der Waals surface area contributed by atoms with Gasteiger partial charge in [-0.25, -0.2) is 4.68 Å². The van der Waals surface area contributed by atoms with Crippen LogP contribution in [0.1, 0.15) is 31.5 Å². The van der Waals surface area contributed by atoms with Crippen molar-refractivity contribution < 1.29 is 0 Å². The minimum atomic E-state index is 0.359. The van der Waals surface area contributed by atoms with Gasteiger partial charge in [-0.2, -0.15) is 11.8 Å². The van der Waals surface area contributed by atoms with Crippen molar-refractivity contribution in [2.75, 3.05) is 13.3 Å². The predicted octanol–water partition coefficient (Wildman–Crippen LogP) is 1.07. The average molecular weight is 241 g/mol. The molecule has 1 N–H and O–H groups in total. The number of hydrogen-bond donors (Lipinski definition) is 1. The van der Waals surface area contributed by atoms with E-state index < -0.39 is 0 Å². The van der Waals surface area contributed by atoms with Crippen LogP contribution in [-0.2, 0) is 13.1 Å². The number of aromatic nitrogens is 4. The van der Waals surface area contributed by atoms with Gasteiger partial charge in [-0.15, -0.1) is 5.10 Å².